The van der Waals surface area contributed by atoms with Gasteiger partial charge in [-0.15, -0.1) is 13.2 Å². The lowest BCUT2D eigenvalue weighted by molar-refractivity contribution is -0.274. The molecule has 1 heterocycles. The number of alkyl halides is 3. The van der Waals surface area contributed by atoms with Gasteiger partial charge in [-0.2, -0.15) is 0 Å². The number of anilines is 2. The van der Waals surface area contributed by atoms with Gasteiger partial charge in [0.05, 0.1) is 32.1 Å². The van der Waals surface area contributed by atoms with Gasteiger partial charge in [0.2, 0.25) is 0 Å². The van der Waals surface area contributed by atoms with E-state index >= 15 is 0 Å². The Hall–Kier alpha value is -5.03. The normalized spacial score (nSPS) is 11.1. The van der Waals surface area contributed by atoms with E-state index in [0.29, 0.717) is 33.9 Å². The fraction of sp³-hybridized carbons (Fsp3) is 0.226. The monoisotopic (exact) mass is 653 g/mol. The van der Waals surface area contributed by atoms with Crippen molar-refractivity contribution >= 4 is 35.9 Å². The fourth-order valence-electron chi connectivity index (χ4n) is 4.20. The molecule has 0 aliphatic carbocycles. The number of rotatable bonds is 16. The third kappa shape index (κ3) is 11.4. The van der Waals surface area contributed by atoms with Crippen LogP contribution in [0.25, 0.3) is 11.3 Å². The maximum Gasteiger partial charge on any atom is 0.573 e. The minimum atomic E-state index is -4.79. The number of carbonyl (C=O) groups excluding carboxylic acids is 2. The average molecular weight is 653 g/mol. The molecule has 2 amide bonds. The molecule has 1 aromatic heterocycles. The lowest BCUT2D eigenvalue weighted by Gasteiger charge is -2.12. The Kier molecular flexibility index (Phi) is 12.6. The van der Waals surface area contributed by atoms with Crippen LogP contribution in [0.15, 0.2) is 85.2 Å². The van der Waals surface area contributed by atoms with Crippen molar-refractivity contribution in [2.24, 2.45) is 0 Å². The molecule has 47 heavy (non-hydrogen) atoms. The van der Waals surface area contributed by atoms with Gasteiger partial charge in [0.1, 0.15) is 17.9 Å². The Balaban J connectivity index is 1.17. The highest BCUT2D eigenvalue weighted by atomic mass is 19.4. The number of amides is 2. The third-order valence-electron chi connectivity index (χ3n) is 6.36. The predicted octanol–water partition coefficient (Wildman–Crippen LogP) is 2.66. The van der Waals surface area contributed by atoms with Crippen molar-refractivity contribution < 1.29 is 47.0 Å². The number of benzene rings is 3. The van der Waals surface area contributed by atoms with Gasteiger partial charge < -0.3 is 40.2 Å². The number of carbonyl (C=O) groups is 2. The molecular formula is C31H31BF3N5O7. The maximum absolute atomic E-state index is 13.0. The number of nitrogens with zero attached hydrogens (tertiary/aromatic N) is 2. The Labute approximate surface area is 268 Å². The van der Waals surface area contributed by atoms with Crippen molar-refractivity contribution in [3.8, 4) is 17.0 Å². The number of halogens is 3. The largest absolute Gasteiger partial charge is 0.573 e. The Morgan fingerprint density at radius 3 is 2.15 bits per heavy atom. The van der Waals surface area contributed by atoms with Crippen molar-refractivity contribution in [1.29, 1.82) is 0 Å². The molecule has 0 aliphatic heterocycles. The van der Waals surface area contributed by atoms with Gasteiger partial charge in [-0.05, 0) is 47.9 Å². The number of hydrogen-bond donors (Lipinski definition) is 5. The zero-order valence-corrected chi connectivity index (χ0v) is 24.9. The van der Waals surface area contributed by atoms with Gasteiger partial charge >= 0.3 is 13.5 Å². The van der Waals surface area contributed by atoms with E-state index < -0.39 is 13.5 Å². The summed E-state index contributed by atoms with van der Waals surface area (Å²) in [6, 6.07) is 19.7. The molecule has 4 rings (SSSR count). The lowest BCUT2D eigenvalue weighted by atomic mass is 9.79. The van der Waals surface area contributed by atoms with Gasteiger partial charge in [0.25, 0.3) is 11.8 Å². The molecule has 5 N–H and O–H groups in total. The second-order valence-electron chi connectivity index (χ2n) is 9.77. The first-order chi connectivity index (χ1) is 22.6. The number of hydrogen-bond acceptors (Lipinski definition) is 10. The third-order valence-corrected chi connectivity index (χ3v) is 6.36. The molecule has 0 radical (unpaired) electrons. The van der Waals surface area contributed by atoms with Gasteiger partial charge in [0.15, 0.2) is 0 Å². The molecule has 3 aromatic carbocycles. The van der Waals surface area contributed by atoms with Crippen LogP contribution < -0.4 is 26.2 Å². The number of nitrogens with one attached hydrogen (secondary N) is 3. The zero-order chi connectivity index (χ0) is 33.6. The van der Waals surface area contributed by atoms with Crippen LogP contribution in [-0.2, 0) is 9.47 Å². The van der Waals surface area contributed by atoms with E-state index in [1.165, 1.54) is 42.7 Å². The highest BCUT2D eigenvalue weighted by Gasteiger charge is 2.31. The first-order valence-electron chi connectivity index (χ1n) is 14.3. The highest BCUT2D eigenvalue weighted by Crippen LogP contribution is 2.27. The van der Waals surface area contributed by atoms with Crippen molar-refractivity contribution in [3.63, 3.8) is 0 Å². The topological polar surface area (TPSA) is 164 Å². The Morgan fingerprint density at radius 1 is 0.787 bits per heavy atom. The van der Waals surface area contributed by atoms with Crippen LogP contribution in [0.1, 0.15) is 20.7 Å². The molecule has 0 atom stereocenters. The van der Waals surface area contributed by atoms with Crippen LogP contribution in [0, 0.1) is 0 Å². The molecule has 0 spiro atoms. The van der Waals surface area contributed by atoms with E-state index in [4.69, 9.17) is 9.47 Å². The predicted molar refractivity (Wildman–Crippen MR) is 166 cm³/mol. The van der Waals surface area contributed by atoms with Gasteiger partial charge in [-0.3, -0.25) is 9.59 Å². The molecule has 246 valence electrons. The van der Waals surface area contributed by atoms with Crippen LogP contribution >= 0.6 is 0 Å². The van der Waals surface area contributed by atoms with E-state index in [1.807, 2.05) is 0 Å². The molecule has 4 aromatic rings. The van der Waals surface area contributed by atoms with Crippen molar-refractivity contribution in [2.75, 3.05) is 44.8 Å². The number of aromatic nitrogens is 2. The minimum Gasteiger partial charge on any atom is -0.423 e. The second kappa shape index (κ2) is 17.0. The van der Waals surface area contributed by atoms with E-state index in [2.05, 4.69) is 30.7 Å². The molecular weight excluding hydrogens is 622 g/mol. The molecule has 12 nitrogen and oxygen atoms in total. The van der Waals surface area contributed by atoms with Crippen LogP contribution in [0.3, 0.4) is 0 Å². The standard InChI is InChI=1S/C31H31BF3N5O7/c33-31(34,35)47-24-10-8-23(9-11-24)40-28-19-27(38-20-39-28)25-6-1-2-7-26(25)30(42)37-13-15-46-17-16-45-14-12-36-29(41)21-4-3-5-22(18-21)32(43)44/h1-11,18-20,43-44H,12-17H2,(H,36,41)(H,37,42)(H,38,39,40). The second-order valence-corrected chi connectivity index (χ2v) is 9.77. The van der Waals surface area contributed by atoms with Crippen molar-refractivity contribution in [3.05, 3.63) is 96.3 Å². The van der Waals surface area contributed by atoms with E-state index in [-0.39, 0.29) is 62.5 Å². The molecule has 0 bridgehead atoms. The summed E-state index contributed by atoms with van der Waals surface area (Å²) in [6.45, 7) is 1.50. The molecule has 16 heteroatoms. The fourth-order valence-corrected chi connectivity index (χ4v) is 4.20. The summed E-state index contributed by atoms with van der Waals surface area (Å²) in [5.74, 6) is -0.701. The summed E-state index contributed by atoms with van der Waals surface area (Å²) in [5.41, 5.74) is 2.35. The molecule has 0 saturated heterocycles. The smallest absolute Gasteiger partial charge is 0.423 e. The molecule has 0 aliphatic rings. The average Bonchev–Trinajstić information content (AvgIpc) is 3.06. The van der Waals surface area contributed by atoms with Gasteiger partial charge in [-0.1, -0.05) is 30.3 Å². The van der Waals surface area contributed by atoms with Crippen LogP contribution in [-0.4, -0.2) is 84.8 Å². The quantitative estimate of drug-likeness (QED) is 0.0898. The Morgan fingerprint density at radius 2 is 1.47 bits per heavy atom. The van der Waals surface area contributed by atoms with Crippen LogP contribution in [0.2, 0.25) is 0 Å². The van der Waals surface area contributed by atoms with E-state index in [0.717, 1.165) is 0 Å². The van der Waals surface area contributed by atoms with Gasteiger partial charge in [-0.25, -0.2) is 9.97 Å². The maximum atomic E-state index is 13.0. The zero-order valence-electron chi connectivity index (χ0n) is 24.9. The van der Waals surface area contributed by atoms with Crippen LogP contribution in [0.5, 0.6) is 5.75 Å². The first-order valence-corrected chi connectivity index (χ1v) is 14.3. The van der Waals surface area contributed by atoms with Crippen molar-refractivity contribution in [2.45, 2.75) is 6.36 Å². The summed E-state index contributed by atoms with van der Waals surface area (Å²) >= 11 is 0. The Bertz CT molecular complexity index is 1630. The van der Waals surface area contributed by atoms with Crippen LogP contribution in [0.4, 0.5) is 24.7 Å². The molecule has 0 saturated carbocycles. The van der Waals surface area contributed by atoms with E-state index in [1.54, 1.807) is 42.5 Å². The summed E-state index contributed by atoms with van der Waals surface area (Å²) in [4.78, 5) is 33.6. The first kappa shape index (κ1) is 34.8. The number of ether oxygens (including phenoxy) is 3. The SMILES string of the molecule is O=C(NCCOCCOCCNC(=O)c1ccccc1-c1cc(Nc2ccc(OC(F)(F)F)cc2)ncn1)c1cccc(B(O)O)c1. The highest BCUT2D eigenvalue weighted by molar-refractivity contribution is 6.58. The minimum absolute atomic E-state index is 0.218. The van der Waals surface area contributed by atoms with Crippen molar-refractivity contribution in [1.82, 2.24) is 20.6 Å². The lowest BCUT2D eigenvalue weighted by Crippen LogP contribution is -2.32. The summed E-state index contributed by atoms with van der Waals surface area (Å²) in [6.07, 6.45) is -3.48. The van der Waals surface area contributed by atoms with Gasteiger partial charge in [0, 0.05) is 41.5 Å². The molecule has 0 unspecified atom stereocenters. The molecule has 0 fully saturated rings. The summed E-state index contributed by atoms with van der Waals surface area (Å²) < 4.78 is 52.1. The summed E-state index contributed by atoms with van der Waals surface area (Å²) in [5, 5.41) is 26.9. The summed E-state index contributed by atoms with van der Waals surface area (Å²) in [7, 11) is -1.66. The van der Waals surface area contributed by atoms with E-state index in [9.17, 15) is 32.8 Å².